The third-order valence-electron chi connectivity index (χ3n) is 5.18. The molecule has 1 N–H and O–H groups in total. The number of ether oxygens (including phenoxy) is 2. The smallest absolute Gasteiger partial charge is 0.265 e. The van der Waals surface area contributed by atoms with E-state index in [0.717, 1.165) is 12.8 Å². The van der Waals surface area contributed by atoms with Crippen LogP contribution in [-0.2, 0) is 24.3 Å². The maximum atomic E-state index is 13.1. The molecule has 0 radical (unpaired) electrons. The Morgan fingerprint density at radius 1 is 1.31 bits per heavy atom. The van der Waals surface area contributed by atoms with Gasteiger partial charge in [-0.3, -0.25) is 14.5 Å². The van der Waals surface area contributed by atoms with Gasteiger partial charge in [0.1, 0.15) is 12.3 Å². The first kappa shape index (κ1) is 21.5. The average Bonchev–Trinajstić information content (AvgIpc) is 2.70. The van der Waals surface area contributed by atoms with Gasteiger partial charge in [0.25, 0.3) is 5.91 Å². The number of carbonyl (C=O) groups is 2. The fraction of sp³-hybridized carbons (Fsp3) is 0.579. The molecule has 0 atom stereocenters. The van der Waals surface area contributed by atoms with E-state index < -0.39 is 15.9 Å². The summed E-state index contributed by atoms with van der Waals surface area (Å²) in [7, 11) is -2.16. The second kappa shape index (κ2) is 9.10. The summed E-state index contributed by atoms with van der Waals surface area (Å²) >= 11 is 0. The molecule has 0 aromatic heterocycles. The fourth-order valence-electron chi connectivity index (χ4n) is 3.38. The largest absolute Gasteiger partial charge is 0.482 e. The predicted octanol–water partition coefficient (Wildman–Crippen LogP) is 0.595. The van der Waals surface area contributed by atoms with Gasteiger partial charge in [0.05, 0.1) is 17.2 Å². The number of nitrogens with one attached hydrogen (secondary N) is 1. The summed E-state index contributed by atoms with van der Waals surface area (Å²) in [5, 5.41) is 2.66. The highest BCUT2D eigenvalue weighted by molar-refractivity contribution is 7.89. The summed E-state index contributed by atoms with van der Waals surface area (Å²) in [4.78, 5) is 25.9. The number of nitrogens with zero attached hydrogens (tertiary/aromatic N) is 2. The van der Waals surface area contributed by atoms with Crippen LogP contribution < -0.4 is 15.0 Å². The van der Waals surface area contributed by atoms with Gasteiger partial charge >= 0.3 is 0 Å². The summed E-state index contributed by atoms with van der Waals surface area (Å²) in [6.07, 6.45) is 1.64. The molecule has 1 fully saturated rings. The molecule has 2 aliphatic rings. The SMILES string of the molecule is COCCNC(=O)CN1C(=O)COc2ccc(S(=O)(=O)N3CCC(C)CC3)cc21. The predicted molar refractivity (Wildman–Crippen MR) is 106 cm³/mol. The van der Waals surface area contributed by atoms with Gasteiger partial charge in [-0.25, -0.2) is 8.42 Å². The normalized spacial score (nSPS) is 18.3. The first-order chi connectivity index (χ1) is 13.8. The Balaban J connectivity index is 1.83. The van der Waals surface area contributed by atoms with Crippen molar-refractivity contribution < 1.29 is 27.5 Å². The van der Waals surface area contributed by atoms with E-state index in [1.54, 1.807) is 0 Å². The van der Waals surface area contributed by atoms with E-state index in [9.17, 15) is 18.0 Å². The number of piperidine rings is 1. The zero-order chi connectivity index (χ0) is 21.0. The number of benzene rings is 1. The summed E-state index contributed by atoms with van der Waals surface area (Å²) < 4.78 is 37.9. The Bertz CT molecular complexity index is 865. The fourth-order valence-corrected chi connectivity index (χ4v) is 4.87. The number of hydrogen-bond acceptors (Lipinski definition) is 6. The standard InChI is InChI=1S/C19H27N3O6S/c1-14-5-8-21(9-6-14)29(25,26)15-3-4-17-16(11-15)22(19(24)13-28-17)12-18(23)20-7-10-27-2/h3-4,11,14H,5-10,12-13H2,1-2H3,(H,20,23). The number of amides is 2. The Kier molecular flexibility index (Phi) is 6.76. The van der Waals surface area contributed by atoms with E-state index in [1.807, 2.05) is 0 Å². The van der Waals surface area contributed by atoms with E-state index in [0.29, 0.717) is 37.9 Å². The lowest BCUT2D eigenvalue weighted by Gasteiger charge is -2.31. The number of carbonyl (C=O) groups excluding carboxylic acids is 2. The molecule has 0 aliphatic carbocycles. The number of rotatable bonds is 7. The molecule has 2 heterocycles. The molecule has 29 heavy (non-hydrogen) atoms. The highest BCUT2D eigenvalue weighted by Gasteiger charge is 2.32. The van der Waals surface area contributed by atoms with E-state index in [2.05, 4.69) is 12.2 Å². The second-order valence-electron chi connectivity index (χ2n) is 7.33. The molecule has 2 amide bonds. The first-order valence-electron chi connectivity index (χ1n) is 9.66. The Hall–Kier alpha value is -2.17. The molecule has 0 spiro atoms. The van der Waals surface area contributed by atoms with Crippen LogP contribution in [0.2, 0.25) is 0 Å². The van der Waals surface area contributed by atoms with Gasteiger partial charge in [0.2, 0.25) is 15.9 Å². The van der Waals surface area contributed by atoms with E-state index in [4.69, 9.17) is 9.47 Å². The Morgan fingerprint density at radius 3 is 2.72 bits per heavy atom. The molecule has 3 rings (SSSR count). The van der Waals surface area contributed by atoms with Crippen LogP contribution in [0, 0.1) is 5.92 Å². The summed E-state index contributed by atoms with van der Waals surface area (Å²) in [5.41, 5.74) is 0.287. The van der Waals surface area contributed by atoms with Crippen LogP contribution in [0.4, 0.5) is 5.69 Å². The number of sulfonamides is 1. The number of hydrogen-bond donors (Lipinski definition) is 1. The van der Waals surface area contributed by atoms with Crippen LogP contribution in [0.5, 0.6) is 5.75 Å². The van der Waals surface area contributed by atoms with Crippen molar-refractivity contribution in [2.24, 2.45) is 5.92 Å². The first-order valence-corrected chi connectivity index (χ1v) is 11.1. The van der Waals surface area contributed by atoms with E-state index >= 15 is 0 Å². The molecular weight excluding hydrogens is 398 g/mol. The molecule has 160 valence electrons. The zero-order valence-corrected chi connectivity index (χ0v) is 17.5. The van der Waals surface area contributed by atoms with Crippen LogP contribution in [0.3, 0.4) is 0 Å². The quantitative estimate of drug-likeness (QED) is 0.642. The van der Waals surface area contributed by atoms with Crippen LogP contribution in [0.15, 0.2) is 23.1 Å². The molecule has 9 nitrogen and oxygen atoms in total. The Labute approximate surface area is 171 Å². The lowest BCUT2D eigenvalue weighted by molar-refractivity contribution is -0.125. The highest BCUT2D eigenvalue weighted by Crippen LogP contribution is 2.35. The zero-order valence-electron chi connectivity index (χ0n) is 16.7. The van der Waals surface area contributed by atoms with Crippen LogP contribution in [0.1, 0.15) is 19.8 Å². The van der Waals surface area contributed by atoms with Crippen molar-refractivity contribution in [3.8, 4) is 5.75 Å². The average molecular weight is 426 g/mol. The topological polar surface area (TPSA) is 105 Å². The molecule has 1 aromatic rings. The Morgan fingerprint density at radius 2 is 2.03 bits per heavy atom. The van der Waals surface area contributed by atoms with Crippen molar-refractivity contribution in [2.45, 2.75) is 24.7 Å². The van der Waals surface area contributed by atoms with Gasteiger partial charge in [-0.2, -0.15) is 4.31 Å². The molecule has 1 saturated heterocycles. The van der Waals surface area contributed by atoms with Crippen molar-refractivity contribution in [1.82, 2.24) is 9.62 Å². The molecular formula is C19H27N3O6S. The van der Waals surface area contributed by atoms with Gasteiger partial charge < -0.3 is 14.8 Å². The second-order valence-corrected chi connectivity index (χ2v) is 9.27. The number of fused-ring (bicyclic) bond motifs is 1. The van der Waals surface area contributed by atoms with Gasteiger partial charge in [-0.05, 0) is 37.0 Å². The molecule has 2 aliphatic heterocycles. The van der Waals surface area contributed by atoms with Crippen molar-refractivity contribution in [3.63, 3.8) is 0 Å². The maximum Gasteiger partial charge on any atom is 0.265 e. The minimum Gasteiger partial charge on any atom is -0.482 e. The number of anilines is 1. The van der Waals surface area contributed by atoms with Gasteiger partial charge in [0.15, 0.2) is 6.61 Å². The third-order valence-corrected chi connectivity index (χ3v) is 7.08. The lowest BCUT2D eigenvalue weighted by atomic mass is 10.0. The third kappa shape index (κ3) is 4.88. The lowest BCUT2D eigenvalue weighted by Crippen LogP contribution is -2.45. The van der Waals surface area contributed by atoms with Gasteiger partial charge in [-0.15, -0.1) is 0 Å². The molecule has 10 heteroatoms. The monoisotopic (exact) mass is 425 g/mol. The van der Waals surface area contributed by atoms with Crippen LogP contribution in [0.25, 0.3) is 0 Å². The highest BCUT2D eigenvalue weighted by atomic mass is 32.2. The van der Waals surface area contributed by atoms with Gasteiger partial charge in [-0.1, -0.05) is 6.92 Å². The number of methoxy groups -OCH3 is 1. The maximum absolute atomic E-state index is 13.1. The molecule has 0 saturated carbocycles. The van der Waals surface area contributed by atoms with E-state index in [-0.39, 0.29) is 29.6 Å². The minimum absolute atomic E-state index is 0.0916. The van der Waals surface area contributed by atoms with Crippen molar-refractivity contribution in [2.75, 3.05) is 51.4 Å². The van der Waals surface area contributed by atoms with Crippen LogP contribution in [-0.4, -0.2) is 71.0 Å². The molecule has 0 unspecified atom stereocenters. The van der Waals surface area contributed by atoms with Crippen molar-refractivity contribution >= 4 is 27.5 Å². The molecule has 0 bridgehead atoms. The van der Waals surface area contributed by atoms with E-state index in [1.165, 1.54) is 34.5 Å². The summed E-state index contributed by atoms with van der Waals surface area (Å²) in [6.45, 7) is 3.32. The molecule has 1 aromatic carbocycles. The van der Waals surface area contributed by atoms with Gasteiger partial charge in [0, 0.05) is 26.7 Å². The van der Waals surface area contributed by atoms with Crippen molar-refractivity contribution in [3.05, 3.63) is 18.2 Å². The van der Waals surface area contributed by atoms with Crippen molar-refractivity contribution in [1.29, 1.82) is 0 Å². The summed E-state index contributed by atoms with van der Waals surface area (Å²) in [6, 6.07) is 4.44. The van der Waals surface area contributed by atoms with Crippen LogP contribution >= 0.6 is 0 Å². The summed E-state index contributed by atoms with van der Waals surface area (Å²) in [5.74, 6) is 0.117. The minimum atomic E-state index is -3.68.